The molecule has 22 heavy (non-hydrogen) atoms. The fourth-order valence-corrected chi connectivity index (χ4v) is 2.30. The van der Waals surface area contributed by atoms with Crippen LogP contribution in [0.25, 0.3) is 0 Å². The topological polar surface area (TPSA) is 26.3 Å². The van der Waals surface area contributed by atoms with Crippen LogP contribution >= 0.6 is 23.2 Å². The van der Waals surface area contributed by atoms with E-state index >= 15 is 0 Å². The molecule has 0 aliphatic rings. The fourth-order valence-electron chi connectivity index (χ4n) is 1.79. The molecule has 0 N–H and O–H groups in total. The van der Waals surface area contributed by atoms with Crippen molar-refractivity contribution in [2.45, 2.75) is 12.8 Å². The molecule has 0 unspecified atom stereocenters. The molecule has 0 radical (unpaired) electrons. The van der Waals surface area contributed by atoms with Gasteiger partial charge in [-0.2, -0.15) is 13.2 Å². The molecule has 0 atom stereocenters. The van der Waals surface area contributed by atoms with E-state index in [1.165, 1.54) is 30.3 Å². The minimum atomic E-state index is -4.95. The summed E-state index contributed by atoms with van der Waals surface area (Å²) < 4.78 is 43.1. The highest BCUT2D eigenvalue weighted by Crippen LogP contribution is 2.33. The van der Waals surface area contributed by atoms with E-state index < -0.39 is 17.5 Å². The van der Waals surface area contributed by atoms with Crippen molar-refractivity contribution in [1.29, 1.82) is 0 Å². The third kappa shape index (κ3) is 3.72. The summed E-state index contributed by atoms with van der Waals surface area (Å²) in [7, 11) is 0. The van der Waals surface area contributed by atoms with E-state index in [0.717, 1.165) is 6.07 Å². The van der Waals surface area contributed by atoms with Crippen LogP contribution in [0.1, 0.15) is 15.9 Å². The quantitative estimate of drug-likeness (QED) is 0.699. The van der Waals surface area contributed by atoms with Crippen molar-refractivity contribution in [3.05, 3.63) is 63.6 Å². The molecule has 0 heterocycles. The fraction of sp³-hybridized carbons (Fsp3) is 0.133. The van der Waals surface area contributed by atoms with Gasteiger partial charge in [-0.1, -0.05) is 53.5 Å². The van der Waals surface area contributed by atoms with Gasteiger partial charge in [-0.05, 0) is 12.1 Å². The second-order valence-corrected chi connectivity index (χ2v) is 5.14. The van der Waals surface area contributed by atoms with Crippen LogP contribution in [0.4, 0.5) is 13.2 Å². The molecule has 0 saturated carbocycles. The summed E-state index contributed by atoms with van der Waals surface area (Å²) in [5.74, 6) is -1.77. The number of ether oxygens (including phenoxy) is 1. The zero-order valence-corrected chi connectivity index (χ0v) is 12.5. The van der Waals surface area contributed by atoms with Crippen LogP contribution in [0.3, 0.4) is 0 Å². The van der Waals surface area contributed by atoms with E-state index in [-0.39, 0.29) is 28.0 Å². The number of ketones is 1. The van der Waals surface area contributed by atoms with Crippen molar-refractivity contribution in [1.82, 2.24) is 0 Å². The van der Waals surface area contributed by atoms with Crippen LogP contribution in [-0.2, 0) is 6.61 Å². The summed E-state index contributed by atoms with van der Waals surface area (Å²) in [5, 5.41) is 0.458. The Hall–Kier alpha value is -1.72. The normalized spacial score (nSPS) is 11.3. The molecule has 2 aromatic carbocycles. The van der Waals surface area contributed by atoms with Gasteiger partial charge in [0.2, 0.25) is 0 Å². The molecule has 0 aliphatic carbocycles. The first kappa shape index (κ1) is 16.6. The number of carbonyl (C=O) groups is 1. The van der Waals surface area contributed by atoms with Crippen molar-refractivity contribution in [3.63, 3.8) is 0 Å². The van der Waals surface area contributed by atoms with Gasteiger partial charge in [0.05, 0.1) is 10.0 Å². The average Bonchev–Trinajstić information content (AvgIpc) is 2.45. The first-order chi connectivity index (χ1) is 10.3. The lowest BCUT2D eigenvalue weighted by molar-refractivity contribution is -0.0886. The molecule has 7 heteroatoms. The summed E-state index contributed by atoms with van der Waals surface area (Å²) in [6.07, 6.45) is -4.95. The first-order valence-electron chi connectivity index (χ1n) is 6.07. The van der Waals surface area contributed by atoms with Crippen molar-refractivity contribution >= 4 is 29.0 Å². The third-order valence-corrected chi connectivity index (χ3v) is 3.41. The highest BCUT2D eigenvalue weighted by molar-refractivity contribution is 6.37. The Labute approximate surface area is 134 Å². The predicted molar refractivity (Wildman–Crippen MR) is 77.6 cm³/mol. The second-order valence-electron chi connectivity index (χ2n) is 4.32. The number of Topliss-reactive ketones (excluding diaryl/α,β-unsaturated/α-hetero) is 1. The molecular weight excluding hydrogens is 340 g/mol. The summed E-state index contributed by atoms with van der Waals surface area (Å²) in [5.41, 5.74) is -0.362. The SMILES string of the molecule is O=C(c1ccccc1COc1c(Cl)cccc1Cl)C(F)(F)F. The maximum Gasteiger partial charge on any atom is 0.454 e. The Bertz CT molecular complexity index is 679. The van der Waals surface area contributed by atoms with Gasteiger partial charge in [0.15, 0.2) is 5.75 Å². The minimum Gasteiger partial charge on any atom is -0.486 e. The van der Waals surface area contributed by atoms with E-state index in [9.17, 15) is 18.0 Å². The Morgan fingerprint density at radius 3 is 2.18 bits per heavy atom. The van der Waals surface area contributed by atoms with Crippen LogP contribution in [0.15, 0.2) is 42.5 Å². The lowest BCUT2D eigenvalue weighted by Gasteiger charge is -2.13. The average molecular weight is 349 g/mol. The number of benzene rings is 2. The summed E-state index contributed by atoms with van der Waals surface area (Å²) >= 11 is 11.8. The molecule has 0 aliphatic heterocycles. The van der Waals surface area contributed by atoms with Crippen LogP contribution in [0, 0.1) is 0 Å². The molecule has 2 aromatic rings. The number of carbonyl (C=O) groups excluding carboxylic acids is 1. The van der Waals surface area contributed by atoms with Gasteiger partial charge in [-0.15, -0.1) is 0 Å². The monoisotopic (exact) mass is 348 g/mol. The lowest BCUT2D eigenvalue weighted by Crippen LogP contribution is -2.24. The van der Waals surface area contributed by atoms with E-state index in [4.69, 9.17) is 27.9 Å². The molecule has 0 aromatic heterocycles. The van der Waals surface area contributed by atoms with Crippen LogP contribution < -0.4 is 4.74 Å². The summed E-state index contributed by atoms with van der Waals surface area (Å²) in [6, 6.07) is 10.0. The molecule has 0 fully saturated rings. The minimum absolute atomic E-state index is 0.0980. The number of hydrogen-bond donors (Lipinski definition) is 0. The molecular formula is C15H9Cl2F3O2. The van der Waals surface area contributed by atoms with Crippen LogP contribution in [0.5, 0.6) is 5.75 Å². The molecule has 0 spiro atoms. The number of alkyl halides is 3. The third-order valence-electron chi connectivity index (χ3n) is 2.81. The Kier molecular flexibility index (Phi) is 4.98. The zero-order valence-electron chi connectivity index (χ0n) is 11.0. The number of para-hydroxylation sites is 1. The van der Waals surface area contributed by atoms with E-state index in [1.54, 1.807) is 6.07 Å². The van der Waals surface area contributed by atoms with Gasteiger partial charge in [0, 0.05) is 11.1 Å². The number of hydrogen-bond acceptors (Lipinski definition) is 2. The molecule has 0 bridgehead atoms. The molecule has 2 rings (SSSR count). The molecule has 2 nitrogen and oxygen atoms in total. The van der Waals surface area contributed by atoms with Crippen molar-refractivity contribution < 1.29 is 22.7 Å². The number of halogens is 5. The second kappa shape index (κ2) is 6.58. The van der Waals surface area contributed by atoms with Crippen molar-refractivity contribution in [2.24, 2.45) is 0 Å². The largest absolute Gasteiger partial charge is 0.486 e. The Morgan fingerprint density at radius 2 is 1.59 bits per heavy atom. The molecule has 116 valence electrons. The van der Waals surface area contributed by atoms with Gasteiger partial charge in [-0.3, -0.25) is 4.79 Å². The number of rotatable bonds is 4. The summed E-state index contributed by atoms with van der Waals surface area (Å²) in [6.45, 7) is -0.262. The van der Waals surface area contributed by atoms with E-state index in [1.807, 2.05) is 0 Å². The standard InChI is InChI=1S/C15H9Cl2F3O2/c16-11-6-3-7-12(17)13(11)22-8-9-4-1-2-5-10(9)14(21)15(18,19)20/h1-7H,8H2. The van der Waals surface area contributed by atoms with E-state index in [0.29, 0.717) is 0 Å². The van der Waals surface area contributed by atoms with Crippen molar-refractivity contribution in [3.8, 4) is 5.75 Å². The smallest absolute Gasteiger partial charge is 0.454 e. The maximum absolute atomic E-state index is 12.6. The Morgan fingerprint density at radius 1 is 1.00 bits per heavy atom. The lowest BCUT2D eigenvalue weighted by atomic mass is 10.0. The van der Waals surface area contributed by atoms with E-state index in [2.05, 4.69) is 0 Å². The molecule has 0 amide bonds. The summed E-state index contributed by atoms with van der Waals surface area (Å²) in [4.78, 5) is 11.4. The highest BCUT2D eigenvalue weighted by Gasteiger charge is 2.40. The zero-order chi connectivity index (χ0) is 16.3. The Balaban J connectivity index is 2.26. The van der Waals surface area contributed by atoms with Crippen LogP contribution in [0.2, 0.25) is 10.0 Å². The highest BCUT2D eigenvalue weighted by atomic mass is 35.5. The first-order valence-corrected chi connectivity index (χ1v) is 6.82. The van der Waals surface area contributed by atoms with Crippen molar-refractivity contribution in [2.75, 3.05) is 0 Å². The maximum atomic E-state index is 12.6. The van der Waals surface area contributed by atoms with Gasteiger partial charge in [-0.25, -0.2) is 0 Å². The van der Waals surface area contributed by atoms with Crippen LogP contribution in [-0.4, -0.2) is 12.0 Å². The molecule has 0 saturated heterocycles. The van der Waals surface area contributed by atoms with Gasteiger partial charge in [0.1, 0.15) is 6.61 Å². The van der Waals surface area contributed by atoms with Gasteiger partial charge in [0.25, 0.3) is 5.78 Å². The van der Waals surface area contributed by atoms with Gasteiger partial charge < -0.3 is 4.74 Å². The predicted octanol–water partition coefficient (Wildman–Crippen LogP) is 5.32. The van der Waals surface area contributed by atoms with Gasteiger partial charge >= 0.3 is 6.18 Å².